The molecule has 4 N–H and O–H groups in total. The summed E-state index contributed by atoms with van der Waals surface area (Å²) in [6.45, 7) is 11.4. The molecule has 4 bridgehead atoms. The molecule has 4 aliphatic carbocycles. The zero-order valence-corrected chi connectivity index (χ0v) is 26.0. The van der Waals surface area contributed by atoms with Crippen LogP contribution in [0.5, 0.6) is 0 Å². The molecule has 0 aromatic carbocycles. The van der Waals surface area contributed by atoms with Crippen molar-refractivity contribution in [2.24, 2.45) is 34.5 Å². The van der Waals surface area contributed by atoms with E-state index in [4.69, 9.17) is 9.90 Å². The Kier molecular flexibility index (Phi) is 11.3. The number of halogens is 3. The van der Waals surface area contributed by atoms with E-state index in [2.05, 4.69) is 10.6 Å². The summed E-state index contributed by atoms with van der Waals surface area (Å²) in [4.78, 5) is 49.5. The number of likely N-dealkylation sites (N-methyl/N-ethyl adjacent to an activating group) is 2. The third-order valence-electron chi connectivity index (χ3n) is 9.13. The lowest BCUT2D eigenvalue weighted by Gasteiger charge is -2.59. The van der Waals surface area contributed by atoms with E-state index in [0.717, 1.165) is 37.0 Å². The first-order valence-corrected chi connectivity index (χ1v) is 14.6. The average Bonchev–Trinajstić information content (AvgIpc) is 2.83. The minimum Gasteiger partial charge on any atom is -0.478 e. The number of amides is 2. The highest BCUT2D eigenvalue weighted by molar-refractivity contribution is 5.91. The summed E-state index contributed by atoms with van der Waals surface area (Å²) in [6, 6.07) is -1.41. The molecule has 0 radical (unpaired) electrons. The summed E-state index contributed by atoms with van der Waals surface area (Å²) in [5.74, 6) is -1.83. The number of nitrogens with zero attached hydrogens (tertiary/aromatic N) is 1. The monoisotopic (exact) mass is 603 g/mol. The second-order valence-electron chi connectivity index (χ2n) is 14.0. The van der Waals surface area contributed by atoms with Gasteiger partial charge < -0.3 is 25.7 Å². The maximum Gasteiger partial charge on any atom is 0.490 e. The Bertz CT molecular complexity index is 1010. The van der Waals surface area contributed by atoms with Crippen molar-refractivity contribution in [2.45, 2.75) is 104 Å². The topological polar surface area (TPSA) is 136 Å². The van der Waals surface area contributed by atoms with Crippen LogP contribution in [-0.2, 0) is 19.2 Å². The summed E-state index contributed by atoms with van der Waals surface area (Å²) >= 11 is 0. The van der Waals surface area contributed by atoms with Gasteiger partial charge in [-0.3, -0.25) is 9.59 Å². The molecule has 2 amide bonds. The third kappa shape index (κ3) is 8.48. The summed E-state index contributed by atoms with van der Waals surface area (Å²) < 4.78 is 31.7. The number of hydrogen-bond donors (Lipinski definition) is 4. The fourth-order valence-corrected chi connectivity index (χ4v) is 7.55. The molecule has 0 heterocycles. The first kappa shape index (κ1) is 35.6. The van der Waals surface area contributed by atoms with Crippen LogP contribution in [0.2, 0.25) is 0 Å². The molecular weight excluding hydrogens is 555 g/mol. The zero-order valence-electron chi connectivity index (χ0n) is 26.0. The van der Waals surface area contributed by atoms with Crippen molar-refractivity contribution in [1.82, 2.24) is 15.5 Å². The van der Waals surface area contributed by atoms with Crippen molar-refractivity contribution < 1.29 is 42.6 Å². The van der Waals surface area contributed by atoms with Gasteiger partial charge in [0.2, 0.25) is 11.8 Å². The molecule has 4 saturated carbocycles. The molecule has 0 aromatic rings. The average molecular weight is 604 g/mol. The molecule has 240 valence electrons. The number of hydrogen-bond acceptors (Lipinski definition) is 5. The number of carbonyl (C=O) groups is 4. The van der Waals surface area contributed by atoms with Gasteiger partial charge in [0.05, 0.1) is 12.1 Å². The number of nitrogens with one attached hydrogen (secondary N) is 2. The van der Waals surface area contributed by atoms with E-state index in [0.29, 0.717) is 0 Å². The molecule has 9 nitrogen and oxygen atoms in total. The molecule has 0 unspecified atom stereocenters. The molecule has 42 heavy (non-hydrogen) atoms. The first-order valence-electron chi connectivity index (χ1n) is 14.6. The molecule has 4 rings (SSSR count). The van der Waals surface area contributed by atoms with Gasteiger partial charge in [-0.05, 0) is 87.0 Å². The van der Waals surface area contributed by atoms with Gasteiger partial charge in [0, 0.05) is 12.6 Å². The molecule has 4 fully saturated rings. The Balaban J connectivity index is 0.000000782. The van der Waals surface area contributed by atoms with E-state index in [1.165, 1.54) is 19.3 Å². The Hall–Kier alpha value is -2.63. The van der Waals surface area contributed by atoms with Crippen molar-refractivity contribution in [3.05, 3.63) is 11.6 Å². The number of carboxylic acids is 2. The summed E-state index contributed by atoms with van der Waals surface area (Å²) in [7, 11) is 3.58. The van der Waals surface area contributed by atoms with Crippen molar-refractivity contribution >= 4 is 23.8 Å². The lowest BCUT2D eigenvalue weighted by Crippen LogP contribution is -2.64. The Morgan fingerprint density at radius 2 is 1.38 bits per heavy atom. The SMILES string of the molecule is CN[C@H](C(=O)N[C@H](C(=O)N(C)[C@H](/C=C(\C)C(=O)O)C(C)C)C(C)(C)C)C12CC3CC(CC(C3)C1)C2.O=C(O)C(F)(F)F. The van der Waals surface area contributed by atoms with Crippen molar-refractivity contribution in [1.29, 1.82) is 0 Å². The summed E-state index contributed by atoms with van der Waals surface area (Å²) in [6.07, 6.45) is 3.78. The van der Waals surface area contributed by atoms with E-state index in [1.807, 2.05) is 41.7 Å². The molecule has 0 spiro atoms. The predicted octanol–water partition coefficient (Wildman–Crippen LogP) is 4.47. The van der Waals surface area contributed by atoms with E-state index in [9.17, 15) is 32.7 Å². The van der Waals surface area contributed by atoms with Gasteiger partial charge in [0.1, 0.15) is 6.04 Å². The normalized spacial score (nSPS) is 27.4. The summed E-state index contributed by atoms with van der Waals surface area (Å²) in [5.41, 5.74) is -0.322. The Labute approximate surface area is 246 Å². The molecule has 3 atom stereocenters. The number of carboxylic acid groups (broad SMARTS) is 2. The van der Waals surface area contributed by atoms with Crippen molar-refractivity contribution in [3.8, 4) is 0 Å². The lowest BCUT2D eigenvalue weighted by molar-refractivity contribution is -0.192. The van der Waals surface area contributed by atoms with Crippen LogP contribution in [0, 0.1) is 34.5 Å². The van der Waals surface area contributed by atoms with Crippen molar-refractivity contribution in [3.63, 3.8) is 0 Å². The standard InChI is InChI=1S/C28H47N3O4.C2HF3O2/c1-16(2)21(9-17(3)26(34)35)31(8)25(33)23(27(4,5)6)30-24(32)22(29-7)28-13-18-10-19(14-28)12-20(11-18)15-28;3-2(4,5)1(6)7/h9,16,18-23,29H,10-15H2,1-8H3,(H,30,32)(H,34,35);(H,6,7)/b17-9+;/t18?,19?,20?,21-,22-,23-,28?;/m1./s1. The van der Waals surface area contributed by atoms with Crippen LogP contribution < -0.4 is 10.6 Å². The number of carbonyl (C=O) groups excluding carboxylic acids is 2. The van der Waals surface area contributed by atoms with Gasteiger partial charge in [0.25, 0.3) is 0 Å². The van der Waals surface area contributed by atoms with Crippen molar-refractivity contribution in [2.75, 3.05) is 14.1 Å². The van der Waals surface area contributed by atoms with E-state index in [-0.39, 0.29) is 40.8 Å². The lowest BCUT2D eigenvalue weighted by atomic mass is 9.47. The smallest absolute Gasteiger partial charge is 0.478 e. The van der Waals surface area contributed by atoms with Gasteiger partial charge in [-0.25, -0.2) is 9.59 Å². The van der Waals surface area contributed by atoms with E-state index >= 15 is 0 Å². The molecule has 4 aliphatic rings. The highest BCUT2D eigenvalue weighted by Crippen LogP contribution is 2.61. The second-order valence-corrected chi connectivity index (χ2v) is 14.0. The van der Waals surface area contributed by atoms with Gasteiger partial charge >= 0.3 is 18.1 Å². The van der Waals surface area contributed by atoms with Crippen LogP contribution in [0.4, 0.5) is 13.2 Å². The highest BCUT2D eigenvalue weighted by atomic mass is 19.4. The van der Waals surface area contributed by atoms with Crippen LogP contribution in [0.1, 0.15) is 80.1 Å². The fourth-order valence-electron chi connectivity index (χ4n) is 7.55. The van der Waals surface area contributed by atoms with Gasteiger partial charge in [-0.15, -0.1) is 0 Å². The molecule has 0 aromatic heterocycles. The minimum absolute atomic E-state index is 0.0200. The van der Waals surface area contributed by atoms with Crippen LogP contribution in [0.15, 0.2) is 11.6 Å². The Morgan fingerprint density at radius 3 is 1.69 bits per heavy atom. The number of rotatable bonds is 9. The largest absolute Gasteiger partial charge is 0.490 e. The molecule has 12 heteroatoms. The zero-order chi connectivity index (χ0) is 32.4. The van der Waals surface area contributed by atoms with Crippen LogP contribution in [-0.4, -0.2) is 77.3 Å². The van der Waals surface area contributed by atoms with Gasteiger partial charge in [-0.2, -0.15) is 13.2 Å². The number of alkyl halides is 3. The quantitative estimate of drug-likeness (QED) is 0.286. The van der Waals surface area contributed by atoms with Crippen LogP contribution >= 0.6 is 0 Å². The maximum absolute atomic E-state index is 13.8. The number of aliphatic carboxylic acids is 2. The maximum atomic E-state index is 13.8. The fraction of sp³-hybridized carbons (Fsp3) is 0.800. The highest BCUT2D eigenvalue weighted by Gasteiger charge is 2.56. The van der Waals surface area contributed by atoms with Crippen LogP contribution in [0.25, 0.3) is 0 Å². The molecule has 0 aliphatic heterocycles. The summed E-state index contributed by atoms with van der Waals surface area (Å²) in [5, 5.41) is 23.0. The van der Waals surface area contributed by atoms with Crippen LogP contribution in [0.3, 0.4) is 0 Å². The van der Waals surface area contributed by atoms with E-state index in [1.54, 1.807) is 24.9 Å². The third-order valence-corrected chi connectivity index (χ3v) is 9.13. The predicted molar refractivity (Wildman–Crippen MR) is 151 cm³/mol. The second kappa shape index (κ2) is 13.3. The van der Waals surface area contributed by atoms with Gasteiger partial charge in [-0.1, -0.05) is 40.7 Å². The minimum atomic E-state index is -5.08. The molecule has 0 saturated heterocycles. The first-order chi connectivity index (χ1) is 19.1. The molecular formula is C30H48F3N3O6. The van der Waals surface area contributed by atoms with Gasteiger partial charge in [0.15, 0.2) is 0 Å². The Morgan fingerprint density at radius 1 is 0.952 bits per heavy atom. The van der Waals surface area contributed by atoms with E-state index < -0.39 is 29.6 Å².